The summed E-state index contributed by atoms with van der Waals surface area (Å²) < 4.78 is 7.05. The topological polar surface area (TPSA) is 57.0 Å². The second-order valence-corrected chi connectivity index (χ2v) is 4.60. The summed E-state index contributed by atoms with van der Waals surface area (Å²) in [5.74, 6) is -0.0844. The van der Waals surface area contributed by atoms with E-state index in [-0.39, 0.29) is 5.78 Å². The van der Waals surface area contributed by atoms with E-state index < -0.39 is 5.60 Å². The molecule has 0 spiro atoms. The summed E-state index contributed by atoms with van der Waals surface area (Å²) in [6.45, 7) is 3.89. The Morgan fingerprint density at radius 1 is 1.25 bits per heavy atom. The fourth-order valence-electron chi connectivity index (χ4n) is 2.34. The molecule has 0 amide bonds. The van der Waals surface area contributed by atoms with Crippen LogP contribution >= 0.6 is 0 Å². The van der Waals surface area contributed by atoms with Crippen LogP contribution in [0.15, 0.2) is 36.5 Å². The SMILES string of the molecule is CCC(CC)(OC)C(=O)c1cnnn1-c1ccccc1. The number of hydrogen-bond donors (Lipinski definition) is 0. The molecule has 0 aliphatic heterocycles. The van der Waals surface area contributed by atoms with Gasteiger partial charge >= 0.3 is 0 Å². The number of carbonyl (C=O) groups is 1. The van der Waals surface area contributed by atoms with Gasteiger partial charge in [0.25, 0.3) is 0 Å². The number of ether oxygens (including phenoxy) is 1. The van der Waals surface area contributed by atoms with Gasteiger partial charge in [0.1, 0.15) is 11.3 Å². The summed E-state index contributed by atoms with van der Waals surface area (Å²) in [6.07, 6.45) is 2.71. The molecule has 2 rings (SSSR count). The molecule has 0 atom stereocenters. The normalized spacial score (nSPS) is 11.6. The number of aromatic nitrogens is 3. The van der Waals surface area contributed by atoms with Gasteiger partial charge in [0, 0.05) is 7.11 Å². The highest BCUT2D eigenvalue weighted by Crippen LogP contribution is 2.25. The van der Waals surface area contributed by atoms with Gasteiger partial charge in [0.15, 0.2) is 0 Å². The van der Waals surface area contributed by atoms with Crippen LogP contribution in [0.2, 0.25) is 0 Å². The van der Waals surface area contributed by atoms with Crippen LogP contribution in [-0.4, -0.2) is 33.5 Å². The van der Waals surface area contributed by atoms with Crippen LogP contribution in [-0.2, 0) is 4.74 Å². The lowest BCUT2D eigenvalue weighted by atomic mass is 9.90. The lowest BCUT2D eigenvalue weighted by molar-refractivity contribution is -0.00323. The van der Waals surface area contributed by atoms with E-state index in [2.05, 4.69) is 10.3 Å². The number of ketones is 1. The zero-order valence-corrected chi connectivity index (χ0v) is 12.0. The van der Waals surface area contributed by atoms with E-state index in [1.54, 1.807) is 11.8 Å². The average Bonchev–Trinajstić information content (AvgIpc) is 2.99. The third-order valence-electron chi connectivity index (χ3n) is 3.73. The number of nitrogens with zero attached hydrogens (tertiary/aromatic N) is 3. The van der Waals surface area contributed by atoms with Crippen LogP contribution in [0.1, 0.15) is 37.2 Å². The molecule has 1 heterocycles. The Morgan fingerprint density at radius 2 is 1.90 bits per heavy atom. The number of para-hydroxylation sites is 1. The highest BCUT2D eigenvalue weighted by Gasteiger charge is 2.37. The third-order valence-corrected chi connectivity index (χ3v) is 3.73. The van der Waals surface area contributed by atoms with Crippen molar-refractivity contribution in [2.45, 2.75) is 32.3 Å². The smallest absolute Gasteiger partial charge is 0.214 e. The summed E-state index contributed by atoms with van der Waals surface area (Å²) in [6, 6.07) is 9.48. The Labute approximate surface area is 118 Å². The minimum Gasteiger partial charge on any atom is -0.370 e. The van der Waals surface area contributed by atoms with Gasteiger partial charge in [-0.05, 0) is 25.0 Å². The van der Waals surface area contributed by atoms with Crippen molar-refractivity contribution >= 4 is 5.78 Å². The molecule has 0 saturated carbocycles. The standard InChI is InChI=1S/C15H19N3O2/c1-4-15(5-2,20-3)14(19)13-11-16-17-18(13)12-9-7-6-8-10-12/h6-11H,4-5H2,1-3H3. The number of rotatable bonds is 6. The van der Waals surface area contributed by atoms with Crippen LogP contribution in [0.25, 0.3) is 5.69 Å². The molecule has 20 heavy (non-hydrogen) atoms. The molecule has 0 fully saturated rings. The molecule has 0 radical (unpaired) electrons. The monoisotopic (exact) mass is 273 g/mol. The average molecular weight is 273 g/mol. The van der Waals surface area contributed by atoms with Gasteiger partial charge < -0.3 is 4.74 Å². The first-order valence-electron chi connectivity index (χ1n) is 6.74. The zero-order valence-electron chi connectivity index (χ0n) is 12.0. The van der Waals surface area contributed by atoms with Gasteiger partial charge in [-0.25, -0.2) is 4.68 Å². The molecule has 0 saturated heterocycles. The molecule has 0 N–H and O–H groups in total. The molecule has 5 heteroatoms. The van der Waals surface area contributed by atoms with Crippen molar-refractivity contribution in [2.75, 3.05) is 7.11 Å². The van der Waals surface area contributed by atoms with E-state index >= 15 is 0 Å². The van der Waals surface area contributed by atoms with Crippen LogP contribution in [0, 0.1) is 0 Å². The summed E-state index contributed by atoms with van der Waals surface area (Å²) in [5.41, 5.74) is 0.446. The van der Waals surface area contributed by atoms with E-state index in [4.69, 9.17) is 4.74 Å². The maximum absolute atomic E-state index is 12.8. The Balaban J connectivity index is 2.45. The second-order valence-electron chi connectivity index (χ2n) is 4.60. The molecule has 0 unspecified atom stereocenters. The Morgan fingerprint density at radius 3 is 2.45 bits per heavy atom. The number of carbonyl (C=O) groups excluding carboxylic acids is 1. The molecule has 0 aliphatic carbocycles. The predicted molar refractivity (Wildman–Crippen MR) is 76.0 cm³/mol. The van der Waals surface area contributed by atoms with Crippen molar-refractivity contribution in [1.82, 2.24) is 15.0 Å². The fraction of sp³-hybridized carbons (Fsp3) is 0.400. The van der Waals surface area contributed by atoms with E-state index in [1.165, 1.54) is 6.20 Å². The molecule has 1 aromatic heterocycles. The molecule has 2 aromatic rings. The number of hydrogen-bond acceptors (Lipinski definition) is 4. The molecule has 5 nitrogen and oxygen atoms in total. The summed E-state index contributed by atoms with van der Waals surface area (Å²) in [5, 5.41) is 7.89. The second kappa shape index (κ2) is 5.96. The summed E-state index contributed by atoms with van der Waals surface area (Å²) in [4.78, 5) is 12.8. The third kappa shape index (κ3) is 2.36. The van der Waals surface area contributed by atoms with Crippen LogP contribution in [0.4, 0.5) is 0 Å². The molecule has 0 bridgehead atoms. The predicted octanol–water partition coefficient (Wildman–Crippen LogP) is 2.66. The lowest BCUT2D eigenvalue weighted by Gasteiger charge is -2.28. The van der Waals surface area contributed by atoms with Crippen LogP contribution < -0.4 is 0 Å². The van der Waals surface area contributed by atoms with E-state index in [1.807, 2.05) is 44.2 Å². The van der Waals surface area contributed by atoms with Gasteiger partial charge in [-0.2, -0.15) is 0 Å². The minimum atomic E-state index is -0.811. The summed E-state index contributed by atoms with van der Waals surface area (Å²) >= 11 is 0. The Kier molecular flexibility index (Phi) is 4.29. The van der Waals surface area contributed by atoms with Crippen molar-refractivity contribution in [3.8, 4) is 5.69 Å². The summed E-state index contributed by atoms with van der Waals surface area (Å²) in [7, 11) is 1.57. The number of Topliss-reactive ketones (excluding diaryl/α,β-unsaturated/α-hetero) is 1. The largest absolute Gasteiger partial charge is 0.370 e. The van der Waals surface area contributed by atoms with E-state index in [0.717, 1.165) is 5.69 Å². The van der Waals surface area contributed by atoms with Gasteiger partial charge in [-0.15, -0.1) is 5.10 Å². The van der Waals surface area contributed by atoms with Crippen LogP contribution in [0.3, 0.4) is 0 Å². The maximum atomic E-state index is 12.8. The number of benzene rings is 1. The van der Waals surface area contributed by atoms with E-state index in [0.29, 0.717) is 18.5 Å². The first-order chi connectivity index (χ1) is 9.68. The highest BCUT2D eigenvalue weighted by molar-refractivity contribution is 6.01. The molecular formula is C15H19N3O2. The molecule has 1 aromatic carbocycles. The molecule has 0 aliphatic rings. The Hall–Kier alpha value is -2.01. The highest BCUT2D eigenvalue weighted by atomic mass is 16.5. The van der Waals surface area contributed by atoms with Gasteiger partial charge in [-0.3, -0.25) is 4.79 Å². The van der Waals surface area contributed by atoms with E-state index in [9.17, 15) is 4.79 Å². The van der Waals surface area contributed by atoms with Crippen molar-refractivity contribution in [3.05, 3.63) is 42.2 Å². The maximum Gasteiger partial charge on any atom is 0.214 e. The lowest BCUT2D eigenvalue weighted by Crippen LogP contribution is -2.40. The Bertz CT molecular complexity index is 566. The zero-order chi connectivity index (χ0) is 14.6. The van der Waals surface area contributed by atoms with Crippen molar-refractivity contribution < 1.29 is 9.53 Å². The molecular weight excluding hydrogens is 254 g/mol. The molecule has 106 valence electrons. The van der Waals surface area contributed by atoms with Gasteiger partial charge in [-0.1, -0.05) is 37.3 Å². The first-order valence-corrected chi connectivity index (χ1v) is 6.74. The van der Waals surface area contributed by atoms with Crippen molar-refractivity contribution in [2.24, 2.45) is 0 Å². The van der Waals surface area contributed by atoms with Gasteiger partial charge in [0.2, 0.25) is 5.78 Å². The number of methoxy groups -OCH3 is 1. The van der Waals surface area contributed by atoms with Gasteiger partial charge in [0.05, 0.1) is 11.9 Å². The minimum absolute atomic E-state index is 0.0844. The first kappa shape index (κ1) is 14.4. The fourth-order valence-corrected chi connectivity index (χ4v) is 2.34. The quantitative estimate of drug-likeness (QED) is 0.759. The van der Waals surface area contributed by atoms with Crippen LogP contribution in [0.5, 0.6) is 0 Å². The van der Waals surface area contributed by atoms with Crippen molar-refractivity contribution in [3.63, 3.8) is 0 Å². The van der Waals surface area contributed by atoms with Crippen molar-refractivity contribution in [1.29, 1.82) is 0 Å².